The molecule has 0 atom stereocenters. The summed E-state index contributed by atoms with van der Waals surface area (Å²) in [7, 11) is 0. The molecule has 1 saturated carbocycles. The van der Waals surface area contributed by atoms with Crippen molar-refractivity contribution in [3.05, 3.63) is 27.6 Å². The number of phenols is 1. The van der Waals surface area contributed by atoms with E-state index in [0.29, 0.717) is 17.4 Å². The van der Waals surface area contributed by atoms with Crippen LogP contribution in [-0.4, -0.2) is 15.2 Å². The molecule has 1 aromatic heterocycles. The summed E-state index contributed by atoms with van der Waals surface area (Å²) in [6.45, 7) is 0. The van der Waals surface area contributed by atoms with Crippen molar-refractivity contribution in [3.8, 4) is 17.2 Å². The third-order valence-corrected chi connectivity index (χ3v) is 4.02. The topological polar surface area (TPSA) is 59.2 Å². The number of aromatic nitrogens is 2. The Morgan fingerprint density at radius 1 is 1.28 bits per heavy atom. The number of benzene rings is 1. The van der Waals surface area contributed by atoms with E-state index < -0.39 is 0 Å². The minimum Gasteiger partial charge on any atom is -0.507 e. The van der Waals surface area contributed by atoms with Gasteiger partial charge in [0.2, 0.25) is 0 Å². The molecule has 94 valence electrons. The predicted molar refractivity (Wildman–Crippen MR) is 75.3 cm³/mol. The van der Waals surface area contributed by atoms with Gasteiger partial charge >= 0.3 is 0 Å². The summed E-state index contributed by atoms with van der Waals surface area (Å²) < 4.78 is 6.30. The van der Waals surface area contributed by atoms with Crippen LogP contribution in [0.25, 0.3) is 11.5 Å². The molecular weight excluding hydrogens is 343 g/mol. The fourth-order valence-corrected chi connectivity index (χ4v) is 2.86. The highest BCUT2D eigenvalue weighted by molar-refractivity contribution is 14.1. The molecule has 2 aromatic rings. The Morgan fingerprint density at radius 2 is 2.06 bits per heavy atom. The van der Waals surface area contributed by atoms with Crippen molar-refractivity contribution in [2.45, 2.75) is 31.6 Å². The van der Waals surface area contributed by atoms with Crippen molar-refractivity contribution in [1.82, 2.24) is 10.1 Å². The van der Waals surface area contributed by atoms with E-state index in [2.05, 4.69) is 32.7 Å². The number of nitrogens with zero attached hydrogens (tertiary/aromatic N) is 2. The number of hydrogen-bond acceptors (Lipinski definition) is 4. The lowest BCUT2D eigenvalue weighted by Crippen LogP contribution is -1.94. The fourth-order valence-electron chi connectivity index (χ4n) is 2.37. The Hall–Kier alpha value is -1.11. The van der Waals surface area contributed by atoms with Gasteiger partial charge in [0.25, 0.3) is 5.89 Å². The Balaban J connectivity index is 1.94. The molecule has 0 unspecified atom stereocenters. The summed E-state index contributed by atoms with van der Waals surface area (Å²) >= 11 is 2.19. The van der Waals surface area contributed by atoms with Gasteiger partial charge in [0.05, 0.1) is 5.56 Å². The molecule has 1 aliphatic carbocycles. The van der Waals surface area contributed by atoms with Crippen molar-refractivity contribution >= 4 is 22.6 Å². The maximum absolute atomic E-state index is 9.83. The Bertz CT molecular complexity index is 562. The number of rotatable bonds is 2. The van der Waals surface area contributed by atoms with E-state index in [9.17, 15) is 5.11 Å². The van der Waals surface area contributed by atoms with E-state index in [4.69, 9.17) is 4.52 Å². The minimum atomic E-state index is 0.178. The largest absolute Gasteiger partial charge is 0.507 e. The molecule has 1 aromatic carbocycles. The maximum atomic E-state index is 9.83. The van der Waals surface area contributed by atoms with Gasteiger partial charge in [-0.1, -0.05) is 18.0 Å². The van der Waals surface area contributed by atoms with Gasteiger partial charge in [0.15, 0.2) is 5.82 Å². The maximum Gasteiger partial charge on any atom is 0.261 e. The average molecular weight is 356 g/mol. The van der Waals surface area contributed by atoms with Crippen LogP contribution in [0.3, 0.4) is 0 Å². The molecule has 1 fully saturated rings. The van der Waals surface area contributed by atoms with Crippen molar-refractivity contribution in [2.75, 3.05) is 0 Å². The first kappa shape index (κ1) is 12.0. The molecule has 1 aliphatic rings. The first-order valence-electron chi connectivity index (χ1n) is 6.06. The van der Waals surface area contributed by atoms with E-state index in [-0.39, 0.29) is 5.75 Å². The Labute approximate surface area is 119 Å². The van der Waals surface area contributed by atoms with Gasteiger partial charge in [-0.15, -0.1) is 0 Å². The quantitative estimate of drug-likeness (QED) is 0.834. The second kappa shape index (κ2) is 4.87. The molecule has 0 aliphatic heterocycles. The fraction of sp³-hybridized carbons (Fsp3) is 0.385. The van der Waals surface area contributed by atoms with Crippen LogP contribution < -0.4 is 0 Å². The van der Waals surface area contributed by atoms with Gasteiger partial charge in [0.1, 0.15) is 5.75 Å². The lowest BCUT2D eigenvalue weighted by molar-refractivity contribution is 0.411. The summed E-state index contributed by atoms with van der Waals surface area (Å²) in [5.74, 6) is 1.79. The molecule has 4 nitrogen and oxygen atoms in total. The lowest BCUT2D eigenvalue weighted by Gasteiger charge is -2.01. The number of aromatic hydroxyl groups is 1. The lowest BCUT2D eigenvalue weighted by atomic mass is 10.1. The first-order valence-corrected chi connectivity index (χ1v) is 7.14. The molecule has 3 rings (SSSR count). The molecule has 18 heavy (non-hydrogen) atoms. The zero-order valence-electron chi connectivity index (χ0n) is 9.77. The monoisotopic (exact) mass is 356 g/mol. The van der Waals surface area contributed by atoms with E-state index >= 15 is 0 Å². The molecule has 0 radical (unpaired) electrons. The minimum absolute atomic E-state index is 0.178. The summed E-state index contributed by atoms with van der Waals surface area (Å²) in [4.78, 5) is 4.42. The van der Waals surface area contributed by atoms with Crippen LogP contribution >= 0.6 is 22.6 Å². The average Bonchev–Trinajstić information content (AvgIpc) is 3.00. The van der Waals surface area contributed by atoms with Crippen LogP contribution in [0.5, 0.6) is 5.75 Å². The van der Waals surface area contributed by atoms with Crippen molar-refractivity contribution < 1.29 is 9.63 Å². The summed E-state index contributed by atoms with van der Waals surface area (Å²) in [5.41, 5.74) is 0.610. The zero-order valence-corrected chi connectivity index (χ0v) is 11.9. The van der Waals surface area contributed by atoms with Crippen LogP contribution in [0.1, 0.15) is 37.4 Å². The van der Waals surface area contributed by atoms with Gasteiger partial charge in [-0.05, 0) is 53.6 Å². The van der Waals surface area contributed by atoms with Crippen molar-refractivity contribution in [3.63, 3.8) is 0 Å². The highest BCUT2D eigenvalue weighted by Gasteiger charge is 2.23. The molecule has 0 saturated heterocycles. The van der Waals surface area contributed by atoms with Crippen molar-refractivity contribution in [1.29, 1.82) is 0 Å². The zero-order chi connectivity index (χ0) is 12.5. The standard InChI is InChI=1S/C13H13IN2O2/c14-9-5-6-11(17)10(7-9)13-15-12(16-18-13)8-3-1-2-4-8/h5-8,17H,1-4H2. The van der Waals surface area contributed by atoms with Crippen LogP contribution in [0.4, 0.5) is 0 Å². The highest BCUT2D eigenvalue weighted by atomic mass is 127. The second-order valence-electron chi connectivity index (χ2n) is 4.60. The van der Waals surface area contributed by atoms with E-state index in [1.165, 1.54) is 12.8 Å². The summed E-state index contributed by atoms with van der Waals surface area (Å²) in [6.07, 6.45) is 4.75. The van der Waals surface area contributed by atoms with E-state index in [1.807, 2.05) is 12.1 Å². The van der Waals surface area contributed by atoms with Crippen LogP contribution in [0.2, 0.25) is 0 Å². The smallest absolute Gasteiger partial charge is 0.261 e. The molecule has 0 spiro atoms. The Morgan fingerprint density at radius 3 is 2.83 bits per heavy atom. The normalized spacial score (nSPS) is 16.3. The molecule has 0 bridgehead atoms. The van der Waals surface area contributed by atoms with E-state index in [0.717, 1.165) is 22.2 Å². The Kier molecular flexibility index (Phi) is 3.23. The molecule has 0 amide bonds. The predicted octanol–water partition coefficient (Wildman–Crippen LogP) is 3.70. The number of hydrogen-bond donors (Lipinski definition) is 1. The van der Waals surface area contributed by atoms with Crippen LogP contribution in [0, 0.1) is 3.57 Å². The van der Waals surface area contributed by atoms with Gasteiger partial charge in [-0.2, -0.15) is 4.98 Å². The second-order valence-corrected chi connectivity index (χ2v) is 5.85. The summed E-state index contributed by atoms with van der Waals surface area (Å²) in [5, 5.41) is 13.9. The van der Waals surface area contributed by atoms with Crippen molar-refractivity contribution in [2.24, 2.45) is 0 Å². The number of phenolic OH excluding ortho intramolecular Hbond substituents is 1. The first-order chi connectivity index (χ1) is 8.74. The molecule has 1 heterocycles. The SMILES string of the molecule is Oc1ccc(I)cc1-c1nc(C2CCCC2)no1. The summed E-state index contributed by atoms with van der Waals surface area (Å²) in [6, 6.07) is 5.34. The van der Waals surface area contributed by atoms with Crippen LogP contribution in [-0.2, 0) is 0 Å². The van der Waals surface area contributed by atoms with Gasteiger partial charge in [-0.25, -0.2) is 0 Å². The molecule has 1 N–H and O–H groups in total. The van der Waals surface area contributed by atoms with E-state index in [1.54, 1.807) is 6.07 Å². The molecule has 5 heteroatoms. The van der Waals surface area contributed by atoms with Gasteiger partial charge in [-0.3, -0.25) is 0 Å². The van der Waals surface area contributed by atoms with Crippen LogP contribution in [0.15, 0.2) is 22.7 Å². The number of halogens is 1. The van der Waals surface area contributed by atoms with Gasteiger partial charge < -0.3 is 9.63 Å². The third kappa shape index (κ3) is 2.23. The highest BCUT2D eigenvalue weighted by Crippen LogP contribution is 2.35. The molecular formula is C13H13IN2O2. The third-order valence-electron chi connectivity index (χ3n) is 3.35. The van der Waals surface area contributed by atoms with Gasteiger partial charge in [0, 0.05) is 9.49 Å².